The number of nitrogens with zero attached hydrogens (tertiary/aromatic N) is 3. The number of anilines is 2. The first-order valence-electron chi connectivity index (χ1n) is 5.11. The molecule has 94 valence electrons. The molecular formula is C10H11N5O2S. The average molecular weight is 265 g/mol. The van der Waals surface area contributed by atoms with Crippen LogP contribution in [0, 0.1) is 11.3 Å². The number of nitrogens with one attached hydrogen (secondary N) is 1. The summed E-state index contributed by atoms with van der Waals surface area (Å²) >= 11 is 1.26. The molecule has 0 radical (unpaired) electrons. The maximum absolute atomic E-state index is 8.89. The monoisotopic (exact) mass is 265 g/mol. The van der Waals surface area contributed by atoms with E-state index < -0.39 is 0 Å². The van der Waals surface area contributed by atoms with Crippen molar-refractivity contribution in [3.63, 3.8) is 0 Å². The zero-order valence-corrected chi connectivity index (χ0v) is 10.5. The lowest BCUT2D eigenvalue weighted by Crippen LogP contribution is -2.05. The van der Waals surface area contributed by atoms with E-state index in [0.29, 0.717) is 35.1 Å². The first kappa shape index (κ1) is 12.2. The molecule has 2 aromatic heterocycles. The second kappa shape index (κ2) is 5.37. The molecule has 0 spiro atoms. The lowest BCUT2D eigenvalue weighted by Gasteiger charge is -2.05. The van der Waals surface area contributed by atoms with Gasteiger partial charge in [-0.3, -0.25) is 0 Å². The Morgan fingerprint density at radius 2 is 2.50 bits per heavy atom. The molecule has 0 saturated heterocycles. The van der Waals surface area contributed by atoms with E-state index in [9.17, 15) is 0 Å². The molecule has 3 N–H and O–H groups in total. The maximum Gasteiger partial charge on any atom is 0.213 e. The van der Waals surface area contributed by atoms with E-state index in [1.54, 1.807) is 0 Å². The number of aromatic nitrogens is 2. The van der Waals surface area contributed by atoms with Crippen molar-refractivity contribution in [3.8, 4) is 11.8 Å². The third kappa shape index (κ3) is 2.36. The van der Waals surface area contributed by atoms with Crippen molar-refractivity contribution >= 4 is 22.0 Å². The lowest BCUT2D eigenvalue weighted by atomic mass is 10.3. The third-order valence-electron chi connectivity index (χ3n) is 2.25. The van der Waals surface area contributed by atoms with Crippen LogP contribution in [-0.4, -0.2) is 23.8 Å². The van der Waals surface area contributed by atoms with E-state index in [2.05, 4.69) is 20.0 Å². The van der Waals surface area contributed by atoms with E-state index in [0.717, 1.165) is 5.00 Å². The van der Waals surface area contributed by atoms with Crippen LogP contribution in [-0.2, 0) is 6.42 Å². The number of nitrogens with two attached hydrogens (primary N) is 1. The fourth-order valence-electron chi connectivity index (χ4n) is 1.42. The SMILES string of the molecule is COc1c(NCCc2ncon2)sc(C#N)c1N. The summed E-state index contributed by atoms with van der Waals surface area (Å²) in [6.45, 7) is 0.598. The summed E-state index contributed by atoms with van der Waals surface area (Å²) in [4.78, 5) is 4.35. The highest BCUT2D eigenvalue weighted by molar-refractivity contribution is 7.17. The van der Waals surface area contributed by atoms with Crippen molar-refractivity contribution < 1.29 is 9.26 Å². The van der Waals surface area contributed by atoms with E-state index in [4.69, 9.17) is 15.7 Å². The van der Waals surface area contributed by atoms with Crippen LogP contribution in [0.15, 0.2) is 10.9 Å². The van der Waals surface area contributed by atoms with Crippen molar-refractivity contribution in [2.24, 2.45) is 0 Å². The van der Waals surface area contributed by atoms with Gasteiger partial charge in [0, 0.05) is 13.0 Å². The van der Waals surface area contributed by atoms with Crippen LogP contribution in [0.25, 0.3) is 0 Å². The van der Waals surface area contributed by atoms with Crippen LogP contribution >= 0.6 is 11.3 Å². The molecule has 8 heteroatoms. The number of methoxy groups -OCH3 is 1. The number of thiophene rings is 1. The average Bonchev–Trinajstić information content (AvgIpc) is 2.97. The number of ether oxygens (including phenoxy) is 1. The van der Waals surface area contributed by atoms with Crippen molar-refractivity contribution in [1.29, 1.82) is 5.26 Å². The van der Waals surface area contributed by atoms with Crippen LogP contribution in [0.5, 0.6) is 5.75 Å². The van der Waals surface area contributed by atoms with E-state index in [-0.39, 0.29) is 0 Å². The summed E-state index contributed by atoms with van der Waals surface area (Å²) in [6, 6.07) is 2.03. The fraction of sp³-hybridized carbons (Fsp3) is 0.300. The zero-order chi connectivity index (χ0) is 13.0. The summed E-state index contributed by atoms with van der Waals surface area (Å²) < 4.78 is 9.80. The minimum absolute atomic E-state index is 0.368. The van der Waals surface area contributed by atoms with Gasteiger partial charge in [0.1, 0.15) is 21.6 Å². The number of hydrogen-bond donors (Lipinski definition) is 2. The zero-order valence-electron chi connectivity index (χ0n) is 9.64. The molecule has 0 aliphatic rings. The van der Waals surface area contributed by atoms with Crippen LogP contribution < -0.4 is 15.8 Å². The molecule has 2 heterocycles. The predicted octanol–water partition coefficient (Wildman–Crippen LogP) is 1.25. The number of nitriles is 1. The molecule has 18 heavy (non-hydrogen) atoms. The highest BCUT2D eigenvalue weighted by Crippen LogP contribution is 2.41. The molecule has 0 unspecified atom stereocenters. The maximum atomic E-state index is 8.89. The first-order valence-corrected chi connectivity index (χ1v) is 5.93. The van der Waals surface area contributed by atoms with Gasteiger partial charge in [-0.05, 0) is 0 Å². The Bertz CT molecular complexity index is 558. The highest BCUT2D eigenvalue weighted by Gasteiger charge is 2.16. The number of rotatable bonds is 5. The Balaban J connectivity index is 2.03. The Kier molecular flexibility index (Phi) is 3.64. The van der Waals surface area contributed by atoms with Crippen LogP contribution in [0.2, 0.25) is 0 Å². The quantitative estimate of drug-likeness (QED) is 0.836. The van der Waals surface area contributed by atoms with Crippen LogP contribution in [0.4, 0.5) is 10.7 Å². The molecule has 0 fully saturated rings. The van der Waals surface area contributed by atoms with Gasteiger partial charge in [-0.15, -0.1) is 11.3 Å². The molecule has 0 atom stereocenters. The topological polar surface area (TPSA) is 110 Å². The van der Waals surface area contributed by atoms with Gasteiger partial charge in [-0.25, -0.2) is 0 Å². The van der Waals surface area contributed by atoms with E-state index in [1.807, 2.05) is 6.07 Å². The summed E-state index contributed by atoms with van der Waals surface area (Å²) in [6.07, 6.45) is 1.90. The van der Waals surface area contributed by atoms with E-state index >= 15 is 0 Å². The smallest absolute Gasteiger partial charge is 0.213 e. The summed E-state index contributed by atoms with van der Waals surface area (Å²) in [5.41, 5.74) is 6.14. The molecule has 0 amide bonds. The van der Waals surface area contributed by atoms with Crippen molar-refractivity contribution in [1.82, 2.24) is 10.1 Å². The van der Waals surface area contributed by atoms with Gasteiger partial charge < -0.3 is 20.3 Å². The van der Waals surface area contributed by atoms with Gasteiger partial charge in [-0.1, -0.05) is 5.16 Å². The Morgan fingerprint density at radius 3 is 3.11 bits per heavy atom. The number of nitrogen functional groups attached to an aromatic ring is 1. The van der Waals surface area contributed by atoms with Gasteiger partial charge in [0.15, 0.2) is 11.6 Å². The number of hydrogen-bond acceptors (Lipinski definition) is 8. The molecular weight excluding hydrogens is 254 g/mol. The Labute approximate surface area is 107 Å². The largest absolute Gasteiger partial charge is 0.492 e. The summed E-state index contributed by atoms with van der Waals surface area (Å²) in [7, 11) is 1.52. The second-order valence-corrected chi connectivity index (χ2v) is 4.36. The predicted molar refractivity (Wildman–Crippen MR) is 66.5 cm³/mol. The summed E-state index contributed by atoms with van der Waals surface area (Å²) in [5, 5.41) is 16.5. The first-order chi connectivity index (χ1) is 8.76. The molecule has 0 aliphatic heterocycles. The van der Waals surface area contributed by atoms with Gasteiger partial charge in [0.25, 0.3) is 0 Å². The van der Waals surface area contributed by atoms with Gasteiger partial charge in [-0.2, -0.15) is 10.2 Å². The minimum Gasteiger partial charge on any atom is -0.492 e. The Morgan fingerprint density at radius 1 is 1.67 bits per heavy atom. The minimum atomic E-state index is 0.368. The molecule has 0 aliphatic carbocycles. The molecule has 0 aromatic carbocycles. The standard InChI is InChI=1S/C10H11N5O2S/c1-16-9-8(12)6(4-11)18-10(9)13-3-2-7-14-5-17-15-7/h5,13H,2-3,12H2,1H3. The van der Waals surface area contributed by atoms with Gasteiger partial charge >= 0.3 is 0 Å². The van der Waals surface area contributed by atoms with Crippen molar-refractivity contribution in [3.05, 3.63) is 17.1 Å². The molecule has 7 nitrogen and oxygen atoms in total. The normalized spacial score (nSPS) is 10.0. The van der Waals surface area contributed by atoms with Crippen molar-refractivity contribution in [2.45, 2.75) is 6.42 Å². The lowest BCUT2D eigenvalue weighted by molar-refractivity contribution is 0.410. The molecule has 0 saturated carbocycles. The molecule has 0 bridgehead atoms. The van der Waals surface area contributed by atoms with Crippen molar-refractivity contribution in [2.75, 3.05) is 24.7 Å². The third-order valence-corrected chi connectivity index (χ3v) is 3.30. The molecule has 2 rings (SSSR count). The van der Waals surface area contributed by atoms with Gasteiger partial charge in [0.2, 0.25) is 6.39 Å². The van der Waals surface area contributed by atoms with E-state index in [1.165, 1.54) is 24.8 Å². The highest BCUT2D eigenvalue weighted by atomic mass is 32.1. The van der Waals surface area contributed by atoms with Crippen LogP contribution in [0.3, 0.4) is 0 Å². The Hall–Kier alpha value is -2.27. The molecule has 2 aromatic rings. The van der Waals surface area contributed by atoms with Crippen LogP contribution in [0.1, 0.15) is 10.7 Å². The second-order valence-electron chi connectivity index (χ2n) is 3.34. The van der Waals surface area contributed by atoms with Gasteiger partial charge in [0.05, 0.1) is 7.11 Å². The fourth-order valence-corrected chi connectivity index (χ4v) is 2.33. The summed E-state index contributed by atoms with van der Waals surface area (Å²) in [5.74, 6) is 1.12.